The van der Waals surface area contributed by atoms with E-state index in [0.717, 1.165) is 0 Å². The first-order valence-corrected chi connectivity index (χ1v) is 9.30. The van der Waals surface area contributed by atoms with Gasteiger partial charge in [-0.25, -0.2) is 4.79 Å². The van der Waals surface area contributed by atoms with Gasteiger partial charge in [-0.3, -0.25) is 0 Å². The van der Waals surface area contributed by atoms with E-state index in [2.05, 4.69) is 20.8 Å². The molecule has 3 atom stereocenters. The average molecular weight is 381 g/mol. The number of hydrogen-bond donors (Lipinski definition) is 2. The van der Waals surface area contributed by atoms with Gasteiger partial charge >= 0.3 is 5.97 Å². The summed E-state index contributed by atoms with van der Waals surface area (Å²) in [5.74, 6) is -2.32. The highest BCUT2D eigenvalue weighted by molar-refractivity contribution is 5.71. The summed E-state index contributed by atoms with van der Waals surface area (Å²) in [4.78, 5) is 17.9. The molecule has 3 heterocycles. The van der Waals surface area contributed by atoms with Crippen LogP contribution in [0.25, 0.3) is 0 Å². The highest BCUT2D eigenvalue weighted by Crippen LogP contribution is 2.72. The molecule has 0 saturated carbocycles. The van der Waals surface area contributed by atoms with E-state index in [-0.39, 0.29) is 29.5 Å². The monoisotopic (exact) mass is 381 g/mol. The van der Waals surface area contributed by atoms with Crippen LogP contribution in [0.4, 0.5) is 0 Å². The van der Waals surface area contributed by atoms with Crippen molar-refractivity contribution in [2.45, 2.75) is 78.8 Å². The predicted octanol–water partition coefficient (Wildman–Crippen LogP) is 3.23. The summed E-state index contributed by atoms with van der Waals surface area (Å²) in [6.07, 6.45) is 0.0546. The third kappa shape index (κ3) is 2.44. The molecule has 1 aromatic rings. The Balaban J connectivity index is 1.95. The number of carbonyl (C=O) groups excluding carboxylic acids is 1. The van der Waals surface area contributed by atoms with Crippen LogP contribution >= 0.6 is 0 Å². The van der Waals surface area contributed by atoms with Crippen LogP contribution in [0, 0.1) is 16.7 Å². The lowest BCUT2D eigenvalue weighted by molar-refractivity contribution is -0.264. The van der Waals surface area contributed by atoms with E-state index in [0.29, 0.717) is 4.73 Å². The summed E-state index contributed by atoms with van der Waals surface area (Å²) < 4.78 is 13.5. The second kappa shape index (κ2) is 5.41. The van der Waals surface area contributed by atoms with Crippen molar-refractivity contribution in [3.8, 4) is 11.8 Å². The highest BCUT2D eigenvalue weighted by atomic mass is 16.7. The van der Waals surface area contributed by atoms with Crippen molar-refractivity contribution in [2.75, 3.05) is 0 Å². The Labute approximate surface area is 160 Å². The average Bonchev–Trinajstić information content (AvgIpc) is 2.91. The van der Waals surface area contributed by atoms with E-state index in [1.165, 1.54) is 12.1 Å². The fourth-order valence-corrected chi connectivity index (χ4v) is 5.31. The molecule has 7 nitrogen and oxygen atoms in total. The minimum atomic E-state index is -0.855. The van der Waals surface area contributed by atoms with Gasteiger partial charge in [-0.1, -0.05) is 20.8 Å². The molecule has 2 saturated heterocycles. The number of hydrogen-bond acceptors (Lipinski definition) is 6. The highest BCUT2D eigenvalue weighted by Gasteiger charge is 2.78. The molecule has 27 heavy (non-hydrogen) atoms. The molecule has 2 aliphatic rings. The van der Waals surface area contributed by atoms with Gasteiger partial charge in [-0.2, -0.15) is 0 Å². The minimum Gasteiger partial charge on any atom is -0.492 e. The Morgan fingerprint density at radius 3 is 2.07 bits per heavy atom. The Morgan fingerprint density at radius 1 is 1.04 bits per heavy atom. The van der Waals surface area contributed by atoms with Crippen molar-refractivity contribution >= 4 is 5.97 Å². The summed E-state index contributed by atoms with van der Waals surface area (Å²) in [6.45, 7) is 16.3. The lowest BCUT2D eigenvalue weighted by atomic mass is 9.52. The van der Waals surface area contributed by atoms with E-state index in [1.807, 2.05) is 34.6 Å². The van der Waals surface area contributed by atoms with Crippen LogP contribution in [-0.2, 0) is 14.3 Å². The standard InChI is InChI=1S/C20H31NO6/c1-16(2)12(11-15(24)25-21-13(22)9-10-14(21)23)19(7)17(3,4)18(5,6)27-20(19,8)26-16/h9-10,12,22-23H,11H2,1-8H3. The largest absolute Gasteiger partial charge is 0.492 e. The SMILES string of the molecule is CC1(C)OC2(C)OC(C)(C)C(C)(C)C2(C)C1CC(=O)On1c(O)ccc1O. The number of nitrogens with zero attached hydrogens (tertiary/aromatic N) is 1. The van der Waals surface area contributed by atoms with Crippen LogP contribution in [0.15, 0.2) is 12.1 Å². The topological polar surface area (TPSA) is 90.2 Å². The zero-order valence-corrected chi connectivity index (χ0v) is 17.4. The molecule has 0 spiro atoms. The molecule has 3 rings (SSSR count). The molecule has 2 aliphatic heterocycles. The van der Waals surface area contributed by atoms with Gasteiger partial charge in [0.15, 0.2) is 5.79 Å². The Bertz CT molecular complexity index is 760. The molecule has 3 unspecified atom stereocenters. The van der Waals surface area contributed by atoms with E-state index in [4.69, 9.17) is 14.3 Å². The number of aromatic nitrogens is 1. The molecule has 0 radical (unpaired) electrons. The van der Waals surface area contributed by atoms with Crippen LogP contribution in [0.3, 0.4) is 0 Å². The van der Waals surface area contributed by atoms with E-state index in [9.17, 15) is 15.0 Å². The van der Waals surface area contributed by atoms with E-state index < -0.39 is 28.4 Å². The Hall–Kier alpha value is -1.73. The molecule has 152 valence electrons. The minimum absolute atomic E-state index is 0.0546. The first-order valence-electron chi connectivity index (χ1n) is 9.30. The number of fused-ring (bicyclic) bond motifs is 1. The van der Waals surface area contributed by atoms with Crippen LogP contribution in [0.2, 0.25) is 0 Å². The van der Waals surface area contributed by atoms with Gasteiger partial charge in [0.2, 0.25) is 11.8 Å². The zero-order chi connectivity index (χ0) is 20.6. The number of ether oxygens (including phenoxy) is 2. The van der Waals surface area contributed by atoms with Gasteiger partial charge in [0, 0.05) is 28.9 Å². The fraction of sp³-hybridized carbons (Fsp3) is 0.750. The van der Waals surface area contributed by atoms with Crippen LogP contribution in [-0.4, -0.2) is 37.9 Å². The molecular weight excluding hydrogens is 350 g/mol. The fourth-order valence-electron chi connectivity index (χ4n) is 5.31. The van der Waals surface area contributed by atoms with Crippen LogP contribution in [0.5, 0.6) is 11.8 Å². The second-order valence-corrected chi connectivity index (χ2v) is 9.66. The molecule has 7 heteroatoms. The number of rotatable bonds is 3. The number of carbonyl (C=O) groups is 1. The van der Waals surface area contributed by atoms with Gasteiger partial charge in [0.05, 0.1) is 17.6 Å². The smallest absolute Gasteiger partial charge is 0.333 e. The van der Waals surface area contributed by atoms with Gasteiger partial charge in [0.25, 0.3) is 0 Å². The molecule has 0 amide bonds. The summed E-state index contributed by atoms with van der Waals surface area (Å²) in [7, 11) is 0. The van der Waals surface area contributed by atoms with Gasteiger partial charge in [-0.05, 0) is 34.6 Å². The first kappa shape index (κ1) is 20.0. The van der Waals surface area contributed by atoms with E-state index >= 15 is 0 Å². The van der Waals surface area contributed by atoms with E-state index in [1.54, 1.807) is 0 Å². The van der Waals surface area contributed by atoms with Crippen molar-refractivity contribution in [3.05, 3.63) is 12.1 Å². The Morgan fingerprint density at radius 2 is 1.56 bits per heavy atom. The normalized spacial score (nSPS) is 35.8. The maximum atomic E-state index is 12.7. The third-order valence-electron chi connectivity index (χ3n) is 7.55. The Kier molecular flexibility index (Phi) is 4.01. The van der Waals surface area contributed by atoms with Crippen molar-refractivity contribution < 1.29 is 29.3 Å². The predicted molar refractivity (Wildman–Crippen MR) is 98.1 cm³/mol. The second-order valence-electron chi connectivity index (χ2n) is 9.66. The summed E-state index contributed by atoms with van der Waals surface area (Å²) in [5.41, 5.74) is -1.86. The quantitative estimate of drug-likeness (QED) is 0.835. The van der Waals surface area contributed by atoms with Gasteiger partial charge in [0.1, 0.15) is 0 Å². The zero-order valence-electron chi connectivity index (χ0n) is 17.4. The molecular formula is C20H31NO6. The summed E-state index contributed by atoms with van der Waals surface area (Å²) >= 11 is 0. The molecule has 2 N–H and O–H groups in total. The lowest BCUT2D eigenvalue weighted by Gasteiger charge is -2.47. The number of aromatic hydroxyl groups is 2. The first-order chi connectivity index (χ1) is 12.1. The van der Waals surface area contributed by atoms with Crippen molar-refractivity contribution in [3.63, 3.8) is 0 Å². The third-order valence-corrected chi connectivity index (χ3v) is 7.55. The summed E-state index contributed by atoms with van der Waals surface area (Å²) in [5, 5.41) is 19.4. The van der Waals surface area contributed by atoms with Crippen LogP contribution < -0.4 is 4.84 Å². The molecule has 0 bridgehead atoms. The van der Waals surface area contributed by atoms with Crippen molar-refractivity contribution in [1.82, 2.24) is 4.73 Å². The molecule has 2 fully saturated rings. The maximum Gasteiger partial charge on any atom is 0.333 e. The molecule has 0 aromatic carbocycles. The van der Waals surface area contributed by atoms with Crippen LogP contribution in [0.1, 0.15) is 61.8 Å². The molecule has 0 aliphatic carbocycles. The van der Waals surface area contributed by atoms with Crippen molar-refractivity contribution in [2.24, 2.45) is 16.7 Å². The lowest BCUT2D eigenvalue weighted by Crippen LogP contribution is -2.52. The maximum absolute atomic E-state index is 12.7. The summed E-state index contributed by atoms with van der Waals surface area (Å²) in [6, 6.07) is 2.50. The molecule has 1 aromatic heterocycles. The van der Waals surface area contributed by atoms with Gasteiger partial charge < -0.3 is 24.5 Å². The van der Waals surface area contributed by atoms with Crippen molar-refractivity contribution in [1.29, 1.82) is 0 Å². The van der Waals surface area contributed by atoms with Gasteiger partial charge in [-0.15, -0.1) is 4.73 Å².